The van der Waals surface area contributed by atoms with Gasteiger partial charge in [-0.15, -0.1) is 11.3 Å². The van der Waals surface area contributed by atoms with Crippen LogP contribution in [0.3, 0.4) is 0 Å². The number of thiazole rings is 1. The number of nitrogens with one attached hydrogen (secondary N) is 1. The van der Waals surface area contributed by atoms with Crippen LogP contribution in [0.4, 0.5) is 10.5 Å². The number of aryl methyl sites for hydroxylation is 1. The van der Waals surface area contributed by atoms with Crippen molar-refractivity contribution in [2.75, 3.05) is 26.6 Å². The lowest BCUT2D eigenvalue weighted by atomic mass is 10.2. The van der Waals surface area contributed by atoms with E-state index in [0.29, 0.717) is 23.7 Å². The molecule has 1 heterocycles. The number of aromatic nitrogens is 1. The van der Waals surface area contributed by atoms with Crippen LogP contribution in [0.15, 0.2) is 23.6 Å². The third kappa shape index (κ3) is 3.88. The minimum atomic E-state index is -0.210. The van der Waals surface area contributed by atoms with Crippen molar-refractivity contribution in [3.05, 3.63) is 34.3 Å². The largest absolute Gasteiger partial charge is 0.493 e. The van der Waals surface area contributed by atoms with Crippen LogP contribution in [0, 0.1) is 6.92 Å². The van der Waals surface area contributed by atoms with Crippen LogP contribution in [0.2, 0.25) is 0 Å². The van der Waals surface area contributed by atoms with E-state index in [1.54, 1.807) is 55.7 Å². The first-order valence-corrected chi connectivity index (χ1v) is 7.56. The third-order valence-electron chi connectivity index (χ3n) is 3.05. The first kappa shape index (κ1) is 16.1. The van der Waals surface area contributed by atoms with Gasteiger partial charge in [-0.05, 0) is 19.1 Å². The normalized spacial score (nSPS) is 10.2. The fraction of sp³-hybridized carbons (Fsp3) is 0.333. The number of benzene rings is 1. The zero-order valence-corrected chi connectivity index (χ0v) is 13.9. The van der Waals surface area contributed by atoms with Gasteiger partial charge in [-0.2, -0.15) is 0 Å². The molecule has 0 atom stereocenters. The average molecular weight is 321 g/mol. The molecule has 7 heteroatoms. The number of urea groups is 1. The Balaban J connectivity index is 2.01. The highest BCUT2D eigenvalue weighted by Gasteiger charge is 2.12. The Morgan fingerprint density at radius 3 is 2.64 bits per heavy atom. The van der Waals surface area contributed by atoms with Gasteiger partial charge in [0.15, 0.2) is 11.5 Å². The maximum atomic E-state index is 12.2. The molecular weight excluding hydrogens is 302 g/mol. The standard InChI is InChI=1S/C15H19N3O3S/c1-10-16-12(9-22-10)8-18(2)15(19)17-11-5-6-13(20-3)14(7-11)21-4/h5-7,9H,8H2,1-4H3,(H,17,19). The van der Waals surface area contributed by atoms with Crippen LogP contribution >= 0.6 is 11.3 Å². The second-order valence-corrected chi connectivity index (χ2v) is 5.78. The number of rotatable bonds is 5. The summed E-state index contributed by atoms with van der Waals surface area (Å²) in [6.07, 6.45) is 0. The first-order valence-electron chi connectivity index (χ1n) is 6.68. The summed E-state index contributed by atoms with van der Waals surface area (Å²) in [5.41, 5.74) is 1.52. The van der Waals surface area contributed by atoms with Gasteiger partial charge in [-0.3, -0.25) is 0 Å². The van der Waals surface area contributed by atoms with Gasteiger partial charge >= 0.3 is 6.03 Å². The molecule has 0 saturated carbocycles. The molecule has 0 bridgehead atoms. The molecule has 0 spiro atoms. The minimum absolute atomic E-state index is 0.210. The number of anilines is 1. The highest BCUT2D eigenvalue weighted by Crippen LogP contribution is 2.29. The zero-order valence-electron chi connectivity index (χ0n) is 13.0. The van der Waals surface area contributed by atoms with Gasteiger partial charge in [0.1, 0.15) is 0 Å². The number of ether oxygens (including phenoxy) is 2. The van der Waals surface area contributed by atoms with Gasteiger partial charge in [0.05, 0.1) is 31.5 Å². The summed E-state index contributed by atoms with van der Waals surface area (Å²) in [5.74, 6) is 1.19. The molecular formula is C15H19N3O3S. The summed E-state index contributed by atoms with van der Waals surface area (Å²) >= 11 is 1.57. The second-order valence-electron chi connectivity index (χ2n) is 4.71. The molecule has 0 aliphatic carbocycles. The van der Waals surface area contributed by atoms with Crippen molar-refractivity contribution in [1.29, 1.82) is 0 Å². The summed E-state index contributed by atoms with van der Waals surface area (Å²) in [4.78, 5) is 18.1. The van der Waals surface area contributed by atoms with Gasteiger partial charge in [0.25, 0.3) is 0 Å². The molecule has 0 aliphatic heterocycles. The van der Waals surface area contributed by atoms with Crippen molar-refractivity contribution >= 4 is 23.1 Å². The van der Waals surface area contributed by atoms with Crippen LogP contribution in [0.1, 0.15) is 10.7 Å². The molecule has 1 N–H and O–H groups in total. The molecule has 118 valence electrons. The summed E-state index contributed by atoms with van der Waals surface area (Å²) in [5, 5.41) is 5.77. The minimum Gasteiger partial charge on any atom is -0.493 e. The van der Waals surface area contributed by atoms with E-state index in [1.807, 2.05) is 12.3 Å². The highest BCUT2D eigenvalue weighted by molar-refractivity contribution is 7.09. The van der Waals surface area contributed by atoms with Crippen molar-refractivity contribution in [3.8, 4) is 11.5 Å². The van der Waals surface area contributed by atoms with Gasteiger partial charge in [0, 0.05) is 24.2 Å². The third-order valence-corrected chi connectivity index (χ3v) is 3.87. The van der Waals surface area contributed by atoms with E-state index in [9.17, 15) is 4.79 Å². The number of hydrogen-bond donors (Lipinski definition) is 1. The molecule has 0 aliphatic rings. The Morgan fingerprint density at radius 2 is 2.05 bits per heavy atom. The smallest absolute Gasteiger partial charge is 0.321 e. The number of carbonyl (C=O) groups is 1. The number of methoxy groups -OCH3 is 2. The van der Waals surface area contributed by atoms with E-state index in [2.05, 4.69) is 10.3 Å². The van der Waals surface area contributed by atoms with E-state index in [-0.39, 0.29) is 6.03 Å². The van der Waals surface area contributed by atoms with E-state index < -0.39 is 0 Å². The molecule has 2 aromatic rings. The number of hydrogen-bond acceptors (Lipinski definition) is 5. The van der Waals surface area contributed by atoms with Crippen LogP contribution < -0.4 is 14.8 Å². The summed E-state index contributed by atoms with van der Waals surface area (Å²) in [6.45, 7) is 2.40. The Labute approximate surface area is 133 Å². The van der Waals surface area contributed by atoms with Crippen molar-refractivity contribution in [3.63, 3.8) is 0 Å². The maximum Gasteiger partial charge on any atom is 0.321 e. The summed E-state index contributed by atoms with van der Waals surface area (Å²) in [7, 11) is 4.85. The van der Waals surface area contributed by atoms with Gasteiger partial charge in [0.2, 0.25) is 0 Å². The molecule has 1 aromatic heterocycles. The van der Waals surface area contributed by atoms with Crippen LogP contribution in [-0.4, -0.2) is 37.2 Å². The zero-order chi connectivity index (χ0) is 16.1. The second kappa shape index (κ2) is 7.13. The highest BCUT2D eigenvalue weighted by atomic mass is 32.1. The van der Waals surface area contributed by atoms with Crippen LogP contribution in [-0.2, 0) is 6.54 Å². The molecule has 0 radical (unpaired) electrons. The first-order chi connectivity index (χ1) is 10.5. The molecule has 6 nitrogen and oxygen atoms in total. The Hall–Kier alpha value is -2.28. The van der Waals surface area contributed by atoms with Gasteiger partial charge in [-0.1, -0.05) is 0 Å². The van der Waals surface area contributed by atoms with E-state index in [0.717, 1.165) is 10.7 Å². The number of carbonyl (C=O) groups excluding carboxylic acids is 1. The molecule has 2 amide bonds. The van der Waals surface area contributed by atoms with Crippen LogP contribution in [0.25, 0.3) is 0 Å². The Bertz CT molecular complexity index is 657. The maximum absolute atomic E-state index is 12.2. The van der Waals surface area contributed by atoms with Crippen molar-refractivity contribution in [1.82, 2.24) is 9.88 Å². The lowest BCUT2D eigenvalue weighted by Gasteiger charge is -2.17. The molecule has 2 rings (SSSR count). The van der Waals surface area contributed by atoms with E-state index in [1.165, 1.54) is 0 Å². The summed E-state index contributed by atoms with van der Waals surface area (Å²) in [6, 6.07) is 5.02. The topological polar surface area (TPSA) is 63.7 Å². The summed E-state index contributed by atoms with van der Waals surface area (Å²) < 4.78 is 10.4. The fourth-order valence-corrected chi connectivity index (χ4v) is 2.53. The van der Waals surface area contributed by atoms with Crippen molar-refractivity contribution in [2.45, 2.75) is 13.5 Å². The Morgan fingerprint density at radius 1 is 1.32 bits per heavy atom. The van der Waals surface area contributed by atoms with Crippen LogP contribution in [0.5, 0.6) is 11.5 Å². The monoisotopic (exact) mass is 321 g/mol. The van der Waals surface area contributed by atoms with Gasteiger partial charge in [-0.25, -0.2) is 9.78 Å². The predicted molar refractivity (Wildman–Crippen MR) is 86.9 cm³/mol. The molecule has 0 saturated heterocycles. The van der Waals surface area contributed by atoms with Crippen molar-refractivity contribution < 1.29 is 14.3 Å². The number of amides is 2. The van der Waals surface area contributed by atoms with Gasteiger partial charge < -0.3 is 19.7 Å². The lowest BCUT2D eigenvalue weighted by Crippen LogP contribution is -2.30. The van der Waals surface area contributed by atoms with E-state index in [4.69, 9.17) is 9.47 Å². The lowest BCUT2D eigenvalue weighted by molar-refractivity contribution is 0.220. The number of nitrogens with zero attached hydrogens (tertiary/aromatic N) is 2. The average Bonchev–Trinajstić information content (AvgIpc) is 2.92. The molecule has 0 unspecified atom stereocenters. The fourth-order valence-electron chi connectivity index (χ4n) is 1.93. The quantitative estimate of drug-likeness (QED) is 0.919. The molecule has 22 heavy (non-hydrogen) atoms. The van der Waals surface area contributed by atoms with Crippen molar-refractivity contribution in [2.24, 2.45) is 0 Å². The van der Waals surface area contributed by atoms with E-state index >= 15 is 0 Å². The molecule has 1 aromatic carbocycles. The SMILES string of the molecule is COc1ccc(NC(=O)N(C)Cc2csc(C)n2)cc1OC. The predicted octanol–water partition coefficient (Wildman–Crippen LogP) is 3.13. The molecule has 0 fully saturated rings. The Kier molecular flexibility index (Phi) is 5.21.